The monoisotopic (exact) mass is 222 g/mol. The largest absolute Gasteiger partial charge is 0.358 e. The van der Waals surface area contributed by atoms with Crippen LogP contribution < -0.4 is 16.3 Å². The van der Waals surface area contributed by atoms with Crippen LogP contribution in [0.4, 0.5) is 5.82 Å². The van der Waals surface area contributed by atoms with Gasteiger partial charge in [-0.2, -0.15) is 0 Å². The van der Waals surface area contributed by atoms with Gasteiger partial charge in [0.05, 0.1) is 0 Å². The number of hydrogen-bond acceptors (Lipinski definition) is 4. The van der Waals surface area contributed by atoms with Crippen molar-refractivity contribution in [1.82, 2.24) is 9.97 Å². The van der Waals surface area contributed by atoms with E-state index in [0.717, 1.165) is 31.7 Å². The first-order valence-electron chi connectivity index (χ1n) is 5.72. The summed E-state index contributed by atoms with van der Waals surface area (Å²) in [6, 6.07) is 2.10. The Balaban J connectivity index is 2.02. The molecule has 5 heteroatoms. The third-order valence-electron chi connectivity index (χ3n) is 3.28. The van der Waals surface area contributed by atoms with E-state index in [1.807, 2.05) is 6.07 Å². The highest BCUT2D eigenvalue weighted by molar-refractivity contribution is 5.36. The van der Waals surface area contributed by atoms with Crippen LogP contribution in [0, 0.1) is 5.92 Å². The second-order valence-electron chi connectivity index (χ2n) is 4.44. The molecule has 1 aromatic heterocycles. The van der Waals surface area contributed by atoms with Gasteiger partial charge in [-0.05, 0) is 31.7 Å². The van der Waals surface area contributed by atoms with Gasteiger partial charge in [0.1, 0.15) is 5.82 Å². The molecule has 1 saturated heterocycles. The first-order chi connectivity index (χ1) is 7.66. The number of hydrogen-bond donors (Lipinski definition) is 2. The maximum atomic E-state index is 11.1. The lowest BCUT2D eigenvalue weighted by molar-refractivity contribution is 0.353. The molecule has 3 N–H and O–H groups in total. The van der Waals surface area contributed by atoms with Crippen molar-refractivity contribution in [3.8, 4) is 0 Å². The zero-order valence-corrected chi connectivity index (χ0v) is 9.52. The number of H-pyrrole nitrogens is 1. The number of piperidine rings is 1. The average Bonchev–Trinajstić information content (AvgIpc) is 2.29. The Bertz CT molecular complexity index is 393. The smallest absolute Gasteiger partial charge is 0.346 e. The van der Waals surface area contributed by atoms with E-state index in [2.05, 4.69) is 21.8 Å². The van der Waals surface area contributed by atoms with E-state index in [-0.39, 0.29) is 11.7 Å². The fraction of sp³-hybridized carbons (Fsp3) is 0.636. The van der Waals surface area contributed by atoms with E-state index >= 15 is 0 Å². The summed E-state index contributed by atoms with van der Waals surface area (Å²) in [7, 11) is 0. The van der Waals surface area contributed by atoms with Crippen molar-refractivity contribution < 1.29 is 0 Å². The molecule has 1 atom stereocenters. The van der Waals surface area contributed by atoms with Gasteiger partial charge in [0.25, 0.3) is 0 Å². The molecule has 1 unspecified atom stereocenters. The van der Waals surface area contributed by atoms with E-state index in [4.69, 9.17) is 5.73 Å². The summed E-state index contributed by atoms with van der Waals surface area (Å²) < 4.78 is 0. The molecule has 0 spiro atoms. The van der Waals surface area contributed by atoms with Crippen LogP contribution in [-0.4, -0.2) is 29.1 Å². The van der Waals surface area contributed by atoms with Crippen LogP contribution in [0.2, 0.25) is 0 Å². The number of anilines is 1. The van der Waals surface area contributed by atoms with E-state index in [1.165, 1.54) is 0 Å². The Morgan fingerprint density at radius 3 is 2.81 bits per heavy atom. The van der Waals surface area contributed by atoms with Crippen molar-refractivity contribution in [1.29, 1.82) is 0 Å². The van der Waals surface area contributed by atoms with Gasteiger partial charge < -0.3 is 10.6 Å². The van der Waals surface area contributed by atoms with Crippen molar-refractivity contribution in [2.45, 2.75) is 25.8 Å². The minimum atomic E-state index is -0.285. The van der Waals surface area contributed by atoms with Crippen molar-refractivity contribution in [2.24, 2.45) is 11.7 Å². The Kier molecular flexibility index (Phi) is 3.24. The quantitative estimate of drug-likeness (QED) is 0.756. The summed E-state index contributed by atoms with van der Waals surface area (Å²) in [5.74, 6) is 1.47. The molecule has 1 aromatic rings. The van der Waals surface area contributed by atoms with E-state index in [9.17, 15) is 4.79 Å². The lowest BCUT2D eigenvalue weighted by Gasteiger charge is -2.34. The number of aromatic amines is 1. The minimum absolute atomic E-state index is 0.263. The van der Waals surface area contributed by atoms with E-state index in [0.29, 0.717) is 5.92 Å². The second kappa shape index (κ2) is 4.65. The molecule has 2 heterocycles. The van der Waals surface area contributed by atoms with Gasteiger partial charge in [-0.3, -0.25) is 4.98 Å². The molecular weight excluding hydrogens is 204 g/mol. The third-order valence-corrected chi connectivity index (χ3v) is 3.28. The van der Waals surface area contributed by atoms with Gasteiger partial charge in [-0.1, -0.05) is 0 Å². The third kappa shape index (κ3) is 2.41. The molecule has 0 radical (unpaired) electrons. The summed E-state index contributed by atoms with van der Waals surface area (Å²) >= 11 is 0. The van der Waals surface area contributed by atoms with Gasteiger partial charge in [-0.15, -0.1) is 0 Å². The van der Waals surface area contributed by atoms with Crippen LogP contribution >= 0.6 is 0 Å². The highest BCUT2D eigenvalue weighted by Crippen LogP contribution is 2.22. The molecule has 1 aliphatic rings. The number of rotatable bonds is 2. The van der Waals surface area contributed by atoms with Crippen molar-refractivity contribution in [3.63, 3.8) is 0 Å². The van der Waals surface area contributed by atoms with E-state index in [1.54, 1.807) is 6.20 Å². The SMILES string of the molecule is CC(N)C1CCN(c2ccnc(=O)[nH]2)CC1. The molecule has 0 saturated carbocycles. The van der Waals surface area contributed by atoms with Gasteiger partial charge in [-0.25, -0.2) is 9.78 Å². The van der Waals surface area contributed by atoms with E-state index < -0.39 is 0 Å². The summed E-state index contributed by atoms with van der Waals surface area (Å²) in [6.07, 6.45) is 3.72. The standard InChI is InChI=1S/C11H18N4O/c1-8(12)9-3-6-15(7-4-9)10-2-5-13-11(16)14-10/h2,5,8-9H,3-4,6-7,12H2,1H3,(H,13,14,16). The molecule has 0 aromatic carbocycles. The highest BCUT2D eigenvalue weighted by Gasteiger charge is 2.22. The molecule has 5 nitrogen and oxygen atoms in total. The van der Waals surface area contributed by atoms with Gasteiger partial charge in [0.2, 0.25) is 0 Å². The zero-order valence-electron chi connectivity index (χ0n) is 9.52. The summed E-state index contributed by atoms with van der Waals surface area (Å²) in [5, 5.41) is 0. The Hall–Kier alpha value is -1.36. The fourth-order valence-electron chi connectivity index (χ4n) is 2.21. The lowest BCUT2D eigenvalue weighted by atomic mass is 9.91. The summed E-state index contributed by atoms with van der Waals surface area (Å²) in [5.41, 5.74) is 5.60. The van der Waals surface area contributed by atoms with Crippen LogP contribution in [0.1, 0.15) is 19.8 Å². The topological polar surface area (TPSA) is 75.0 Å². The van der Waals surface area contributed by atoms with Crippen LogP contribution in [-0.2, 0) is 0 Å². The minimum Gasteiger partial charge on any atom is -0.358 e. The maximum absolute atomic E-state index is 11.1. The normalized spacial score (nSPS) is 19.8. The number of nitrogens with two attached hydrogens (primary N) is 1. The van der Waals surface area contributed by atoms with Crippen LogP contribution in [0.15, 0.2) is 17.1 Å². The van der Waals surface area contributed by atoms with Gasteiger partial charge in [0, 0.05) is 25.3 Å². The van der Waals surface area contributed by atoms with Crippen LogP contribution in [0.5, 0.6) is 0 Å². The summed E-state index contributed by atoms with van der Waals surface area (Å²) in [6.45, 7) is 3.97. The predicted octanol–water partition coefficient (Wildman–Crippen LogP) is 0.334. The maximum Gasteiger partial charge on any atom is 0.346 e. The Morgan fingerprint density at radius 2 is 2.25 bits per heavy atom. The molecule has 1 fully saturated rings. The first-order valence-corrected chi connectivity index (χ1v) is 5.72. The molecule has 0 aliphatic carbocycles. The fourth-order valence-corrected chi connectivity index (χ4v) is 2.21. The van der Waals surface area contributed by atoms with Gasteiger partial charge in [0.15, 0.2) is 0 Å². The number of nitrogens with zero attached hydrogens (tertiary/aromatic N) is 2. The Morgan fingerprint density at radius 1 is 1.56 bits per heavy atom. The van der Waals surface area contributed by atoms with Gasteiger partial charge >= 0.3 is 5.69 Å². The first kappa shape index (κ1) is 11.1. The molecule has 0 amide bonds. The molecule has 1 aliphatic heterocycles. The van der Waals surface area contributed by atoms with Crippen LogP contribution in [0.25, 0.3) is 0 Å². The molecule has 16 heavy (non-hydrogen) atoms. The lowest BCUT2D eigenvalue weighted by Crippen LogP contribution is -2.40. The molecule has 2 rings (SSSR count). The van der Waals surface area contributed by atoms with Crippen molar-refractivity contribution in [3.05, 3.63) is 22.7 Å². The predicted molar refractivity (Wildman–Crippen MR) is 63.4 cm³/mol. The molecular formula is C11H18N4O. The zero-order chi connectivity index (χ0) is 11.5. The number of aromatic nitrogens is 2. The van der Waals surface area contributed by atoms with Crippen molar-refractivity contribution >= 4 is 5.82 Å². The van der Waals surface area contributed by atoms with Crippen molar-refractivity contribution in [2.75, 3.05) is 18.0 Å². The Labute approximate surface area is 94.7 Å². The molecule has 0 bridgehead atoms. The molecule has 88 valence electrons. The number of nitrogens with one attached hydrogen (secondary N) is 1. The highest BCUT2D eigenvalue weighted by atomic mass is 16.1. The van der Waals surface area contributed by atoms with Crippen LogP contribution in [0.3, 0.4) is 0 Å². The second-order valence-corrected chi connectivity index (χ2v) is 4.44. The average molecular weight is 222 g/mol. The summed E-state index contributed by atoms with van der Waals surface area (Å²) in [4.78, 5) is 19.6.